The van der Waals surface area contributed by atoms with Crippen molar-refractivity contribution in [2.24, 2.45) is 5.92 Å². The molecule has 0 unspecified atom stereocenters. The number of piperidine rings is 1. The zero-order valence-electron chi connectivity index (χ0n) is 14.3. The Hall–Kier alpha value is -1.80. The Morgan fingerprint density at radius 3 is 2.84 bits per heavy atom. The van der Waals surface area contributed by atoms with Gasteiger partial charge in [-0.15, -0.1) is 22.7 Å². The molecule has 0 spiro atoms. The number of amides is 2. The van der Waals surface area contributed by atoms with Crippen molar-refractivity contribution in [1.29, 1.82) is 0 Å². The van der Waals surface area contributed by atoms with Crippen LogP contribution in [0.1, 0.15) is 38.9 Å². The topological polar surface area (TPSA) is 66.4 Å². The fourth-order valence-corrected chi connectivity index (χ4v) is 5.22. The summed E-state index contributed by atoms with van der Waals surface area (Å²) in [5, 5.41) is 2.89. The molecule has 5 heterocycles. The standard InChI is InChI=1S/C17H20N4O2S2/c1-10-15(25-11(2)19-10)17(23)20-5-12-3-4-14(7-20)21(16(12)22)6-13-8-24-9-18-13/h8-9,12,14H,3-7H2,1-2H3/t12-,14+/m0/s1. The van der Waals surface area contributed by atoms with Crippen molar-refractivity contribution in [1.82, 2.24) is 19.8 Å². The molecule has 0 N–H and O–H groups in total. The van der Waals surface area contributed by atoms with Crippen molar-refractivity contribution >= 4 is 34.5 Å². The van der Waals surface area contributed by atoms with Crippen LogP contribution in [0.2, 0.25) is 0 Å². The first-order valence-electron chi connectivity index (χ1n) is 8.43. The molecule has 2 atom stereocenters. The third-order valence-corrected chi connectivity index (χ3v) is 6.69. The molecule has 0 radical (unpaired) electrons. The molecule has 3 aliphatic rings. The van der Waals surface area contributed by atoms with Crippen LogP contribution in [0.5, 0.6) is 0 Å². The van der Waals surface area contributed by atoms with Crippen molar-refractivity contribution in [3.05, 3.63) is 32.2 Å². The van der Waals surface area contributed by atoms with Gasteiger partial charge >= 0.3 is 0 Å². The maximum absolute atomic E-state index is 13.0. The fraction of sp³-hybridized carbons (Fsp3) is 0.529. The van der Waals surface area contributed by atoms with Crippen LogP contribution in [0.3, 0.4) is 0 Å². The van der Waals surface area contributed by atoms with E-state index in [1.54, 1.807) is 16.8 Å². The van der Waals surface area contributed by atoms with Gasteiger partial charge in [0.05, 0.1) is 34.4 Å². The van der Waals surface area contributed by atoms with Crippen LogP contribution in [0.4, 0.5) is 0 Å². The summed E-state index contributed by atoms with van der Waals surface area (Å²) in [6.07, 6.45) is 1.81. The van der Waals surface area contributed by atoms with Gasteiger partial charge in [0.1, 0.15) is 4.88 Å². The highest BCUT2D eigenvalue weighted by Gasteiger charge is 2.42. The van der Waals surface area contributed by atoms with Crippen LogP contribution < -0.4 is 0 Å². The molecule has 3 aliphatic heterocycles. The maximum atomic E-state index is 13.0. The summed E-state index contributed by atoms with van der Waals surface area (Å²) >= 11 is 2.98. The summed E-state index contributed by atoms with van der Waals surface area (Å²) < 4.78 is 0. The average Bonchev–Trinajstić information content (AvgIpc) is 3.11. The number of hydrogen-bond donors (Lipinski definition) is 0. The van der Waals surface area contributed by atoms with Crippen LogP contribution in [0, 0.1) is 19.8 Å². The number of rotatable bonds is 3. The van der Waals surface area contributed by atoms with E-state index in [4.69, 9.17) is 0 Å². The lowest BCUT2D eigenvalue weighted by molar-refractivity contribution is -0.140. The minimum Gasteiger partial charge on any atom is -0.335 e. The highest BCUT2D eigenvalue weighted by molar-refractivity contribution is 7.13. The summed E-state index contributed by atoms with van der Waals surface area (Å²) in [6.45, 7) is 5.45. The van der Waals surface area contributed by atoms with Gasteiger partial charge in [0.2, 0.25) is 5.91 Å². The number of carbonyl (C=O) groups is 2. The normalized spacial score (nSPS) is 23.2. The first kappa shape index (κ1) is 16.7. The smallest absolute Gasteiger partial charge is 0.265 e. The lowest BCUT2D eigenvalue weighted by Crippen LogP contribution is -2.47. The summed E-state index contributed by atoms with van der Waals surface area (Å²) in [7, 11) is 0. The second kappa shape index (κ2) is 6.49. The number of fused-ring (bicyclic) bond motifs is 4. The number of hydrogen-bond acceptors (Lipinski definition) is 6. The van der Waals surface area contributed by atoms with E-state index >= 15 is 0 Å². The molecule has 2 bridgehead atoms. The first-order chi connectivity index (χ1) is 12.0. The summed E-state index contributed by atoms with van der Waals surface area (Å²) in [5.74, 6) is 0.0794. The van der Waals surface area contributed by atoms with Gasteiger partial charge < -0.3 is 9.80 Å². The predicted molar refractivity (Wildman–Crippen MR) is 96.7 cm³/mol. The van der Waals surface area contributed by atoms with Crippen LogP contribution in [0.25, 0.3) is 0 Å². The highest BCUT2D eigenvalue weighted by Crippen LogP contribution is 2.32. The monoisotopic (exact) mass is 376 g/mol. The van der Waals surface area contributed by atoms with Gasteiger partial charge in [-0.05, 0) is 26.7 Å². The van der Waals surface area contributed by atoms with Gasteiger partial charge in [-0.2, -0.15) is 0 Å². The van der Waals surface area contributed by atoms with E-state index in [0.29, 0.717) is 24.5 Å². The molecule has 0 saturated carbocycles. The van der Waals surface area contributed by atoms with Crippen molar-refractivity contribution in [2.45, 2.75) is 39.3 Å². The Morgan fingerprint density at radius 2 is 2.16 bits per heavy atom. The van der Waals surface area contributed by atoms with Crippen LogP contribution in [0.15, 0.2) is 10.9 Å². The van der Waals surface area contributed by atoms with Crippen molar-refractivity contribution in [2.75, 3.05) is 13.1 Å². The number of carbonyl (C=O) groups excluding carboxylic acids is 2. The van der Waals surface area contributed by atoms with E-state index < -0.39 is 0 Å². The number of thiazole rings is 2. The van der Waals surface area contributed by atoms with Gasteiger partial charge in [0, 0.05) is 24.5 Å². The molecule has 132 valence electrons. The minimum atomic E-state index is -0.101. The minimum absolute atomic E-state index is 0.0170. The summed E-state index contributed by atoms with van der Waals surface area (Å²) in [6, 6.07) is 0.0752. The molecule has 6 nitrogen and oxygen atoms in total. The first-order valence-corrected chi connectivity index (χ1v) is 10.2. The van der Waals surface area contributed by atoms with E-state index in [1.807, 2.05) is 29.0 Å². The van der Waals surface area contributed by atoms with Crippen LogP contribution in [-0.2, 0) is 11.3 Å². The second-order valence-electron chi connectivity index (χ2n) is 6.73. The van der Waals surface area contributed by atoms with E-state index in [9.17, 15) is 9.59 Å². The van der Waals surface area contributed by atoms with E-state index in [1.165, 1.54) is 11.3 Å². The molecule has 2 aromatic rings. The Morgan fingerprint density at radius 1 is 1.32 bits per heavy atom. The van der Waals surface area contributed by atoms with E-state index in [-0.39, 0.29) is 23.8 Å². The van der Waals surface area contributed by atoms with Crippen molar-refractivity contribution < 1.29 is 9.59 Å². The lowest BCUT2D eigenvalue weighted by Gasteiger charge is -2.35. The Bertz CT molecular complexity index is 802. The molecule has 2 aromatic heterocycles. The van der Waals surface area contributed by atoms with E-state index in [2.05, 4.69) is 9.97 Å². The summed E-state index contributed by atoms with van der Waals surface area (Å²) in [4.78, 5) is 39.0. The van der Waals surface area contributed by atoms with Crippen molar-refractivity contribution in [3.8, 4) is 0 Å². The molecule has 3 saturated heterocycles. The lowest BCUT2D eigenvalue weighted by atomic mass is 9.94. The third kappa shape index (κ3) is 3.08. The fourth-order valence-electron chi connectivity index (χ4n) is 3.78. The van der Waals surface area contributed by atoms with Crippen LogP contribution in [-0.4, -0.2) is 50.7 Å². The number of aromatic nitrogens is 2. The van der Waals surface area contributed by atoms with Gasteiger partial charge in [-0.25, -0.2) is 9.97 Å². The van der Waals surface area contributed by atoms with Gasteiger partial charge in [0.25, 0.3) is 5.91 Å². The van der Waals surface area contributed by atoms with Crippen molar-refractivity contribution in [3.63, 3.8) is 0 Å². The third-order valence-electron chi connectivity index (χ3n) is 4.99. The molecule has 5 rings (SSSR count). The largest absolute Gasteiger partial charge is 0.335 e. The SMILES string of the molecule is Cc1nc(C)c(C(=O)N2C[C@@H]3CC[C@H](C2)N(Cc2cscn2)C3=O)s1. The molecular weight excluding hydrogens is 356 g/mol. The molecule has 8 heteroatoms. The van der Waals surface area contributed by atoms with Gasteiger partial charge in [0.15, 0.2) is 0 Å². The molecule has 0 aromatic carbocycles. The predicted octanol–water partition coefficient (Wildman–Crippen LogP) is 2.48. The maximum Gasteiger partial charge on any atom is 0.265 e. The zero-order chi connectivity index (χ0) is 17.6. The van der Waals surface area contributed by atoms with Crippen LogP contribution >= 0.6 is 22.7 Å². The second-order valence-corrected chi connectivity index (χ2v) is 8.65. The Balaban J connectivity index is 1.57. The number of nitrogens with zero attached hydrogens (tertiary/aromatic N) is 4. The Kier molecular flexibility index (Phi) is 4.33. The molecule has 0 aliphatic carbocycles. The van der Waals surface area contributed by atoms with E-state index in [0.717, 1.165) is 29.2 Å². The zero-order valence-corrected chi connectivity index (χ0v) is 15.9. The molecule has 25 heavy (non-hydrogen) atoms. The average molecular weight is 377 g/mol. The highest BCUT2D eigenvalue weighted by atomic mass is 32.1. The van der Waals surface area contributed by atoms with Gasteiger partial charge in [-0.1, -0.05) is 0 Å². The Labute approximate surface area is 154 Å². The molecular formula is C17H20N4O2S2. The molecule has 2 amide bonds. The molecule has 3 fully saturated rings. The quantitative estimate of drug-likeness (QED) is 0.825. The summed E-state index contributed by atoms with van der Waals surface area (Å²) in [5.41, 5.74) is 3.51. The number of aryl methyl sites for hydroxylation is 2. The van der Waals surface area contributed by atoms with Gasteiger partial charge in [-0.3, -0.25) is 9.59 Å².